The van der Waals surface area contributed by atoms with Gasteiger partial charge in [-0.25, -0.2) is 0 Å². The molecule has 0 amide bonds. The molecule has 2 rings (SSSR count). The highest BCUT2D eigenvalue weighted by atomic mass is 79.9. The minimum absolute atomic E-state index is 0.116. The minimum Gasteiger partial charge on any atom is -0.395 e. The summed E-state index contributed by atoms with van der Waals surface area (Å²) in [5, 5.41) is 11.2. The first-order chi connectivity index (χ1) is 9.61. The SMILES string of the molecule is CC(N)C(c1cc(Br)cs1)N1CCCN(CCO)CC1. The van der Waals surface area contributed by atoms with Crippen molar-refractivity contribution in [3.63, 3.8) is 0 Å². The molecule has 3 N–H and O–H groups in total. The highest BCUT2D eigenvalue weighted by molar-refractivity contribution is 9.10. The lowest BCUT2D eigenvalue weighted by Gasteiger charge is -2.32. The van der Waals surface area contributed by atoms with Crippen molar-refractivity contribution in [2.45, 2.75) is 25.4 Å². The molecule has 2 unspecified atom stereocenters. The monoisotopic (exact) mass is 361 g/mol. The average Bonchev–Trinajstić information content (AvgIpc) is 2.68. The Hall–Kier alpha value is 0.0200. The molecule has 114 valence electrons. The van der Waals surface area contributed by atoms with Crippen LogP contribution in [0.4, 0.5) is 0 Å². The fourth-order valence-corrected chi connectivity index (χ4v) is 4.58. The van der Waals surface area contributed by atoms with Crippen molar-refractivity contribution in [2.75, 3.05) is 39.3 Å². The molecule has 0 aliphatic carbocycles. The number of rotatable bonds is 5. The summed E-state index contributed by atoms with van der Waals surface area (Å²) < 4.78 is 1.14. The smallest absolute Gasteiger partial charge is 0.0591 e. The number of thiophene rings is 1. The summed E-state index contributed by atoms with van der Waals surface area (Å²) in [6.45, 7) is 7.28. The molecule has 0 radical (unpaired) electrons. The van der Waals surface area contributed by atoms with Crippen LogP contribution in [-0.2, 0) is 0 Å². The number of hydrogen-bond acceptors (Lipinski definition) is 5. The third-order valence-electron chi connectivity index (χ3n) is 3.81. The molecule has 2 atom stereocenters. The van der Waals surface area contributed by atoms with Gasteiger partial charge in [-0.05, 0) is 41.9 Å². The summed E-state index contributed by atoms with van der Waals surface area (Å²) in [6, 6.07) is 2.60. The van der Waals surface area contributed by atoms with E-state index in [9.17, 15) is 0 Å². The molecule has 0 saturated carbocycles. The Balaban J connectivity index is 2.06. The van der Waals surface area contributed by atoms with E-state index in [-0.39, 0.29) is 12.6 Å². The van der Waals surface area contributed by atoms with E-state index < -0.39 is 0 Å². The van der Waals surface area contributed by atoms with Crippen LogP contribution in [0.15, 0.2) is 15.9 Å². The van der Waals surface area contributed by atoms with Gasteiger partial charge in [-0.3, -0.25) is 9.80 Å². The predicted octanol–water partition coefficient (Wildman–Crippen LogP) is 1.90. The molecular formula is C14H24BrN3OS. The third-order valence-corrected chi connectivity index (χ3v) is 5.57. The summed E-state index contributed by atoms with van der Waals surface area (Å²) in [4.78, 5) is 6.17. The number of nitrogens with zero attached hydrogens (tertiary/aromatic N) is 2. The molecule has 0 aromatic carbocycles. The quantitative estimate of drug-likeness (QED) is 0.840. The Labute approximate surface area is 133 Å². The van der Waals surface area contributed by atoms with Crippen molar-refractivity contribution in [3.8, 4) is 0 Å². The van der Waals surface area contributed by atoms with Crippen LogP contribution < -0.4 is 5.73 Å². The molecule has 1 aliphatic rings. The molecule has 1 saturated heterocycles. The zero-order chi connectivity index (χ0) is 14.5. The first-order valence-corrected chi connectivity index (χ1v) is 8.86. The van der Waals surface area contributed by atoms with Gasteiger partial charge < -0.3 is 10.8 Å². The van der Waals surface area contributed by atoms with E-state index in [1.807, 2.05) is 0 Å². The lowest BCUT2D eigenvalue weighted by molar-refractivity contribution is 0.171. The van der Waals surface area contributed by atoms with Crippen molar-refractivity contribution in [3.05, 3.63) is 20.8 Å². The van der Waals surface area contributed by atoms with Gasteiger partial charge in [-0.2, -0.15) is 0 Å². The number of hydrogen-bond donors (Lipinski definition) is 2. The molecule has 4 nitrogen and oxygen atoms in total. The van der Waals surface area contributed by atoms with Crippen molar-refractivity contribution >= 4 is 27.3 Å². The number of aliphatic hydroxyl groups excluding tert-OH is 1. The first-order valence-electron chi connectivity index (χ1n) is 7.18. The van der Waals surface area contributed by atoms with Crippen LogP contribution >= 0.6 is 27.3 Å². The van der Waals surface area contributed by atoms with Crippen molar-refractivity contribution in [1.82, 2.24) is 9.80 Å². The van der Waals surface area contributed by atoms with Crippen LogP contribution in [0.2, 0.25) is 0 Å². The van der Waals surface area contributed by atoms with Gasteiger partial charge in [0.25, 0.3) is 0 Å². The number of β-amino-alcohol motifs (C(OH)–C–C–N with tert-alkyl or cyclic N) is 1. The molecule has 0 bridgehead atoms. The second-order valence-corrected chi connectivity index (χ2v) is 7.28. The minimum atomic E-state index is 0.116. The molecule has 2 heterocycles. The van der Waals surface area contributed by atoms with Gasteiger partial charge in [0.15, 0.2) is 0 Å². The Morgan fingerprint density at radius 3 is 2.80 bits per heavy atom. The molecule has 1 fully saturated rings. The van der Waals surface area contributed by atoms with E-state index in [0.717, 1.165) is 43.6 Å². The molecule has 0 spiro atoms. The van der Waals surface area contributed by atoms with Gasteiger partial charge in [-0.1, -0.05) is 0 Å². The number of halogens is 1. The zero-order valence-electron chi connectivity index (χ0n) is 12.0. The first kappa shape index (κ1) is 16.4. The van der Waals surface area contributed by atoms with E-state index >= 15 is 0 Å². The summed E-state index contributed by atoms with van der Waals surface area (Å²) in [7, 11) is 0. The van der Waals surface area contributed by atoms with Crippen LogP contribution in [-0.4, -0.2) is 60.3 Å². The standard InChI is InChI=1S/C14H24BrN3OS/c1-11(16)14(13-9-12(15)10-20-13)18-4-2-3-17(5-6-18)7-8-19/h9-11,14,19H,2-8,16H2,1H3. The van der Waals surface area contributed by atoms with Gasteiger partial charge in [0, 0.05) is 47.0 Å². The largest absolute Gasteiger partial charge is 0.395 e. The van der Waals surface area contributed by atoms with Gasteiger partial charge in [0.05, 0.1) is 12.6 Å². The van der Waals surface area contributed by atoms with Gasteiger partial charge in [0.1, 0.15) is 0 Å². The second kappa shape index (κ2) is 7.87. The highest BCUT2D eigenvalue weighted by Gasteiger charge is 2.27. The molecule has 1 aliphatic heterocycles. The van der Waals surface area contributed by atoms with Crippen LogP contribution in [0, 0.1) is 0 Å². The van der Waals surface area contributed by atoms with E-state index in [4.69, 9.17) is 10.8 Å². The lowest BCUT2D eigenvalue weighted by atomic mass is 10.1. The Bertz CT molecular complexity index is 413. The van der Waals surface area contributed by atoms with Crippen LogP contribution in [0.5, 0.6) is 0 Å². The predicted molar refractivity (Wildman–Crippen MR) is 88.1 cm³/mol. The number of nitrogens with two attached hydrogens (primary N) is 1. The molecule has 1 aromatic heterocycles. The summed E-state index contributed by atoms with van der Waals surface area (Å²) >= 11 is 5.31. The van der Waals surface area contributed by atoms with Gasteiger partial charge in [-0.15, -0.1) is 11.3 Å². The Morgan fingerprint density at radius 2 is 2.20 bits per heavy atom. The van der Waals surface area contributed by atoms with E-state index in [2.05, 4.69) is 44.1 Å². The number of aliphatic hydroxyl groups is 1. The van der Waals surface area contributed by atoms with Crippen LogP contribution in [0.3, 0.4) is 0 Å². The summed E-state index contributed by atoms with van der Waals surface area (Å²) in [5.41, 5.74) is 6.25. The topological polar surface area (TPSA) is 52.7 Å². The second-order valence-electron chi connectivity index (χ2n) is 5.43. The molecule has 6 heteroatoms. The summed E-state index contributed by atoms with van der Waals surface area (Å²) in [6.07, 6.45) is 1.13. The molecule has 1 aromatic rings. The van der Waals surface area contributed by atoms with E-state index in [1.165, 1.54) is 4.88 Å². The zero-order valence-corrected chi connectivity index (χ0v) is 14.4. The normalized spacial score (nSPS) is 21.6. The Morgan fingerprint density at radius 1 is 1.40 bits per heavy atom. The van der Waals surface area contributed by atoms with Gasteiger partial charge >= 0.3 is 0 Å². The maximum atomic E-state index is 9.08. The average molecular weight is 362 g/mol. The van der Waals surface area contributed by atoms with Crippen molar-refractivity contribution in [2.24, 2.45) is 5.73 Å². The molecule has 20 heavy (non-hydrogen) atoms. The van der Waals surface area contributed by atoms with Gasteiger partial charge in [0.2, 0.25) is 0 Å². The lowest BCUT2D eigenvalue weighted by Crippen LogP contribution is -2.41. The van der Waals surface area contributed by atoms with Crippen molar-refractivity contribution < 1.29 is 5.11 Å². The maximum Gasteiger partial charge on any atom is 0.0591 e. The highest BCUT2D eigenvalue weighted by Crippen LogP contribution is 2.31. The maximum absolute atomic E-state index is 9.08. The summed E-state index contributed by atoms with van der Waals surface area (Å²) in [5.74, 6) is 0. The molecular weight excluding hydrogens is 338 g/mol. The van der Waals surface area contributed by atoms with Crippen LogP contribution in [0.25, 0.3) is 0 Å². The fraction of sp³-hybridized carbons (Fsp3) is 0.714. The van der Waals surface area contributed by atoms with E-state index in [0.29, 0.717) is 6.04 Å². The third kappa shape index (κ3) is 4.26. The van der Waals surface area contributed by atoms with Crippen molar-refractivity contribution in [1.29, 1.82) is 0 Å². The fourth-order valence-electron chi connectivity index (χ4n) is 2.89. The van der Waals surface area contributed by atoms with Crippen LogP contribution in [0.1, 0.15) is 24.3 Å². The van der Waals surface area contributed by atoms with E-state index in [1.54, 1.807) is 11.3 Å². The Kier molecular flexibility index (Phi) is 6.45.